The molecule has 2 heterocycles. The largest absolute Gasteiger partial charge is 0.300 e. The molecule has 0 N–H and O–H groups in total. The summed E-state index contributed by atoms with van der Waals surface area (Å²) in [5.74, 6) is 0.884. The normalized spacial score (nSPS) is 25.4. The molecule has 2 atom stereocenters. The average Bonchev–Trinajstić information content (AvgIpc) is 2.87. The van der Waals surface area contributed by atoms with Gasteiger partial charge in [-0.05, 0) is 56.0 Å². The predicted octanol–water partition coefficient (Wildman–Crippen LogP) is 4.40. The van der Waals surface area contributed by atoms with Gasteiger partial charge >= 0.3 is 0 Å². The third-order valence-electron chi connectivity index (χ3n) is 4.12. The summed E-state index contributed by atoms with van der Waals surface area (Å²) in [5, 5.41) is 0. The van der Waals surface area contributed by atoms with Crippen molar-refractivity contribution in [1.29, 1.82) is 0 Å². The van der Waals surface area contributed by atoms with E-state index in [1.165, 1.54) is 50.9 Å². The summed E-state index contributed by atoms with van der Waals surface area (Å²) in [6.45, 7) is 4.91. The smallest absolute Gasteiger partial charge is 0.0797 e. The Hall–Kier alpha value is 1.05. The highest BCUT2D eigenvalue weighted by Gasteiger charge is 2.35. The van der Waals surface area contributed by atoms with E-state index >= 15 is 0 Å². The SMILES string of the molecule is CCCN1CCC[C@@H]2Cc3ncsc3C[C@H]21.CI.I. The van der Waals surface area contributed by atoms with E-state index in [9.17, 15) is 0 Å². The van der Waals surface area contributed by atoms with Crippen LogP contribution in [0.5, 0.6) is 0 Å². The third-order valence-corrected chi connectivity index (χ3v) is 5.02. The monoisotopic (exact) mass is 506 g/mol. The maximum absolute atomic E-state index is 4.52. The summed E-state index contributed by atoms with van der Waals surface area (Å²) in [6, 6.07) is 0.821. The van der Waals surface area contributed by atoms with Crippen molar-refractivity contribution in [3.05, 3.63) is 16.1 Å². The highest BCUT2D eigenvalue weighted by atomic mass is 127. The highest BCUT2D eigenvalue weighted by molar-refractivity contribution is 14.1. The molecule has 0 radical (unpaired) electrons. The zero-order valence-electron chi connectivity index (χ0n) is 11.8. The van der Waals surface area contributed by atoms with Gasteiger partial charge < -0.3 is 0 Å². The van der Waals surface area contributed by atoms with Gasteiger partial charge in [-0.25, -0.2) is 4.98 Å². The lowest BCUT2D eigenvalue weighted by Gasteiger charge is -2.43. The van der Waals surface area contributed by atoms with Crippen molar-refractivity contribution in [2.24, 2.45) is 5.92 Å². The lowest BCUT2D eigenvalue weighted by atomic mass is 9.79. The summed E-state index contributed by atoms with van der Waals surface area (Å²) in [4.78, 5) is 10.8. The van der Waals surface area contributed by atoms with Crippen LogP contribution in [0.15, 0.2) is 5.51 Å². The maximum Gasteiger partial charge on any atom is 0.0797 e. The zero-order valence-corrected chi connectivity index (χ0v) is 17.1. The van der Waals surface area contributed by atoms with E-state index in [0.717, 1.165) is 12.0 Å². The highest BCUT2D eigenvalue weighted by Crippen LogP contribution is 2.35. The van der Waals surface area contributed by atoms with Gasteiger partial charge in [-0.1, -0.05) is 29.5 Å². The number of aromatic nitrogens is 1. The molecule has 0 spiro atoms. The molecule has 0 unspecified atom stereocenters. The number of hydrogen-bond donors (Lipinski definition) is 0. The number of fused-ring (bicyclic) bond motifs is 2. The molecule has 19 heavy (non-hydrogen) atoms. The molecule has 1 saturated heterocycles. The number of alkyl halides is 1. The minimum Gasteiger partial charge on any atom is -0.300 e. The second-order valence-electron chi connectivity index (χ2n) is 5.14. The van der Waals surface area contributed by atoms with E-state index in [1.54, 1.807) is 4.88 Å². The van der Waals surface area contributed by atoms with Crippen LogP contribution in [0.4, 0.5) is 0 Å². The number of nitrogens with zero attached hydrogens (tertiary/aromatic N) is 2. The van der Waals surface area contributed by atoms with Crippen molar-refractivity contribution in [2.45, 2.75) is 45.1 Å². The van der Waals surface area contributed by atoms with Crippen molar-refractivity contribution < 1.29 is 0 Å². The molecule has 110 valence electrons. The molecule has 0 aromatic carbocycles. The van der Waals surface area contributed by atoms with E-state index in [1.807, 2.05) is 21.8 Å². The quantitative estimate of drug-likeness (QED) is 0.437. The number of hydrogen-bond acceptors (Lipinski definition) is 3. The first-order valence-electron chi connectivity index (χ1n) is 6.91. The summed E-state index contributed by atoms with van der Waals surface area (Å²) in [7, 11) is 0. The van der Waals surface area contributed by atoms with Gasteiger partial charge in [-0.2, -0.15) is 0 Å². The van der Waals surface area contributed by atoms with Gasteiger partial charge in [0.1, 0.15) is 0 Å². The van der Waals surface area contributed by atoms with Crippen LogP contribution < -0.4 is 0 Å². The Morgan fingerprint density at radius 2 is 2.21 bits per heavy atom. The molecule has 1 aromatic heterocycles. The van der Waals surface area contributed by atoms with Crippen LogP contribution in [0.1, 0.15) is 36.8 Å². The zero-order chi connectivity index (χ0) is 13.0. The molecular weight excluding hydrogens is 482 g/mol. The molecule has 5 heteroatoms. The maximum atomic E-state index is 4.52. The minimum atomic E-state index is 0. The lowest BCUT2D eigenvalue weighted by molar-refractivity contribution is 0.0857. The number of halogens is 2. The summed E-state index contributed by atoms with van der Waals surface area (Å²) < 4.78 is 0. The van der Waals surface area contributed by atoms with E-state index in [2.05, 4.69) is 39.4 Å². The molecular formula is C14H24I2N2S. The fourth-order valence-electron chi connectivity index (χ4n) is 3.38. The van der Waals surface area contributed by atoms with Gasteiger partial charge in [0.15, 0.2) is 0 Å². The van der Waals surface area contributed by atoms with Gasteiger partial charge in [0.05, 0.1) is 11.2 Å². The Balaban J connectivity index is 0.000000576. The molecule has 0 saturated carbocycles. The average molecular weight is 506 g/mol. The van der Waals surface area contributed by atoms with E-state index in [-0.39, 0.29) is 24.0 Å². The van der Waals surface area contributed by atoms with Crippen LogP contribution >= 0.6 is 57.9 Å². The van der Waals surface area contributed by atoms with Crippen molar-refractivity contribution >= 4 is 57.9 Å². The number of thiazole rings is 1. The van der Waals surface area contributed by atoms with Crippen molar-refractivity contribution in [3.8, 4) is 0 Å². The van der Waals surface area contributed by atoms with Gasteiger partial charge in [-0.3, -0.25) is 4.90 Å². The summed E-state index contributed by atoms with van der Waals surface area (Å²) >= 11 is 4.01. The van der Waals surface area contributed by atoms with Gasteiger partial charge in [0, 0.05) is 10.9 Å². The first kappa shape index (κ1) is 18.1. The molecule has 2 nitrogen and oxygen atoms in total. The summed E-state index contributed by atoms with van der Waals surface area (Å²) in [5.41, 5.74) is 3.44. The molecule has 0 amide bonds. The van der Waals surface area contributed by atoms with Crippen LogP contribution in [0.25, 0.3) is 0 Å². The van der Waals surface area contributed by atoms with E-state index in [4.69, 9.17) is 0 Å². The molecule has 2 aliphatic rings. The second kappa shape index (κ2) is 9.15. The van der Waals surface area contributed by atoms with E-state index in [0.29, 0.717) is 0 Å². The molecule has 1 aliphatic heterocycles. The lowest BCUT2D eigenvalue weighted by Crippen LogP contribution is -2.49. The summed E-state index contributed by atoms with van der Waals surface area (Å²) in [6.07, 6.45) is 6.61. The van der Waals surface area contributed by atoms with Crippen LogP contribution in [0, 0.1) is 5.92 Å². The van der Waals surface area contributed by atoms with Crippen LogP contribution in [0.2, 0.25) is 0 Å². The minimum absolute atomic E-state index is 0. The Morgan fingerprint density at radius 3 is 2.95 bits per heavy atom. The molecule has 1 aromatic rings. The molecule has 1 fully saturated rings. The van der Waals surface area contributed by atoms with Gasteiger partial charge in [-0.15, -0.1) is 35.3 Å². The molecule has 3 rings (SSSR count). The fraction of sp³-hybridized carbons (Fsp3) is 0.786. The Kier molecular flexibility index (Phi) is 8.71. The van der Waals surface area contributed by atoms with Crippen molar-refractivity contribution in [1.82, 2.24) is 9.88 Å². The molecule has 0 bridgehead atoms. The number of rotatable bonds is 2. The Labute approximate surface area is 151 Å². The Morgan fingerprint density at radius 1 is 1.42 bits per heavy atom. The van der Waals surface area contributed by atoms with E-state index < -0.39 is 0 Å². The van der Waals surface area contributed by atoms with Gasteiger partial charge in [0.25, 0.3) is 0 Å². The fourth-order valence-corrected chi connectivity index (χ4v) is 4.22. The number of likely N-dealkylation sites (tertiary alicyclic amines) is 1. The van der Waals surface area contributed by atoms with Crippen LogP contribution in [-0.4, -0.2) is 33.9 Å². The number of piperidine rings is 1. The van der Waals surface area contributed by atoms with Crippen molar-refractivity contribution in [2.75, 3.05) is 18.0 Å². The van der Waals surface area contributed by atoms with Crippen LogP contribution in [-0.2, 0) is 12.8 Å². The standard InChI is InChI=1S/C13H20N2S.CH3I.HI/c1-2-5-15-6-3-4-10-7-11-13(8-12(10)15)16-9-14-11;1-2;/h9-10,12H,2-8H2,1H3;1H3;1H/t10-,12-;;/m1../s1. The second-order valence-corrected chi connectivity index (χ2v) is 6.08. The predicted molar refractivity (Wildman–Crippen MR) is 103 cm³/mol. The van der Waals surface area contributed by atoms with Gasteiger partial charge in [0.2, 0.25) is 0 Å². The first-order valence-corrected chi connectivity index (χ1v) is 9.95. The first-order chi connectivity index (χ1) is 8.88. The molecule has 1 aliphatic carbocycles. The Bertz CT molecular complexity index is 368. The van der Waals surface area contributed by atoms with Crippen LogP contribution in [0.3, 0.4) is 0 Å². The topological polar surface area (TPSA) is 16.1 Å². The van der Waals surface area contributed by atoms with Crippen molar-refractivity contribution in [3.63, 3.8) is 0 Å². The third kappa shape index (κ3) is 4.26.